The average molecular weight is 273 g/mol. The number of imidazole rings is 1. The molecule has 15 heavy (non-hydrogen) atoms. The first-order chi connectivity index (χ1) is 6.86. The summed E-state index contributed by atoms with van der Waals surface area (Å²) in [5.74, 6) is 0. The van der Waals surface area contributed by atoms with Gasteiger partial charge in [-0.25, -0.2) is 9.13 Å². The summed E-state index contributed by atoms with van der Waals surface area (Å²) in [7, 11) is 0. The molecule has 0 amide bonds. The van der Waals surface area contributed by atoms with E-state index < -0.39 is 0 Å². The Hall–Kier alpha value is -0.570. The van der Waals surface area contributed by atoms with Gasteiger partial charge in [-0.2, -0.15) is 0 Å². The third kappa shape index (κ3) is 5.78. The largest absolute Gasteiger partial charge is 1.00 e. The van der Waals surface area contributed by atoms with E-state index in [4.69, 9.17) is 0 Å². The number of nitrogens with zero attached hydrogens (tertiary/aromatic N) is 2. The van der Waals surface area contributed by atoms with E-state index >= 15 is 0 Å². The molecule has 1 aromatic rings. The Kier molecular flexibility index (Phi) is 8.38. The predicted molar refractivity (Wildman–Crippen MR) is 59.0 cm³/mol. The van der Waals surface area contributed by atoms with Gasteiger partial charge in [-0.1, -0.05) is 32.4 Å². The number of unbranched alkanes of at least 4 members (excludes halogenated alkanes) is 3. The van der Waals surface area contributed by atoms with Crippen molar-refractivity contribution in [2.45, 2.75) is 45.7 Å². The third-order valence-electron chi connectivity index (χ3n) is 2.36. The monoisotopic (exact) mass is 272 g/mol. The molecule has 0 saturated heterocycles. The summed E-state index contributed by atoms with van der Waals surface area (Å²) in [6.45, 7) is 8.01. The number of rotatable bonds is 7. The minimum absolute atomic E-state index is 0. The van der Waals surface area contributed by atoms with Gasteiger partial charge in [0.15, 0.2) is 0 Å². The molecule has 0 aliphatic rings. The lowest BCUT2D eigenvalue weighted by Crippen LogP contribution is -3.00. The van der Waals surface area contributed by atoms with Crippen LogP contribution in [0, 0.1) is 0 Å². The summed E-state index contributed by atoms with van der Waals surface area (Å²) in [4.78, 5) is 0. The fraction of sp³-hybridized carbons (Fsp3) is 0.583. The maximum absolute atomic E-state index is 3.72. The van der Waals surface area contributed by atoms with Gasteiger partial charge in [0.2, 0.25) is 6.33 Å². The predicted octanol–water partition coefficient (Wildman–Crippen LogP) is -0.454. The zero-order chi connectivity index (χ0) is 10.2. The van der Waals surface area contributed by atoms with Gasteiger partial charge >= 0.3 is 0 Å². The van der Waals surface area contributed by atoms with E-state index in [9.17, 15) is 0 Å². The molecule has 0 saturated carbocycles. The Balaban J connectivity index is 0.00000196. The van der Waals surface area contributed by atoms with Crippen LogP contribution in [0.15, 0.2) is 31.4 Å². The van der Waals surface area contributed by atoms with Crippen LogP contribution in [0.2, 0.25) is 0 Å². The van der Waals surface area contributed by atoms with E-state index in [1.54, 1.807) is 0 Å². The molecule has 0 aromatic carbocycles. The highest BCUT2D eigenvalue weighted by Gasteiger charge is 2.00. The third-order valence-corrected chi connectivity index (χ3v) is 2.36. The van der Waals surface area contributed by atoms with Gasteiger partial charge in [-0.05, 0) is 12.8 Å². The first-order valence-corrected chi connectivity index (χ1v) is 5.52. The van der Waals surface area contributed by atoms with Crippen molar-refractivity contribution in [3.05, 3.63) is 31.4 Å². The molecule has 0 fully saturated rings. The van der Waals surface area contributed by atoms with Crippen LogP contribution in [0.1, 0.15) is 32.6 Å². The van der Waals surface area contributed by atoms with Crippen molar-refractivity contribution in [3.63, 3.8) is 0 Å². The van der Waals surface area contributed by atoms with Crippen LogP contribution in [-0.2, 0) is 13.1 Å². The van der Waals surface area contributed by atoms with Crippen LogP contribution in [-0.4, -0.2) is 4.57 Å². The molecule has 3 heteroatoms. The van der Waals surface area contributed by atoms with E-state index in [1.165, 1.54) is 25.7 Å². The minimum Gasteiger partial charge on any atom is -1.00 e. The molecule has 0 aliphatic heterocycles. The molecule has 0 atom stereocenters. The van der Waals surface area contributed by atoms with Gasteiger partial charge in [0.05, 0.1) is 6.54 Å². The second-order valence-corrected chi connectivity index (χ2v) is 3.70. The van der Waals surface area contributed by atoms with Crippen molar-refractivity contribution < 1.29 is 21.5 Å². The summed E-state index contributed by atoms with van der Waals surface area (Å²) in [5, 5.41) is 0. The van der Waals surface area contributed by atoms with Gasteiger partial charge in [0.1, 0.15) is 18.9 Å². The van der Waals surface area contributed by atoms with Crippen molar-refractivity contribution in [1.29, 1.82) is 0 Å². The fourth-order valence-electron chi connectivity index (χ4n) is 1.55. The highest BCUT2D eigenvalue weighted by molar-refractivity contribution is 4.73. The molecular weight excluding hydrogens is 252 g/mol. The number of aryl methyl sites for hydroxylation is 1. The Bertz CT molecular complexity index is 268. The number of halogens is 1. The van der Waals surface area contributed by atoms with E-state index in [-0.39, 0.29) is 17.0 Å². The number of aromatic nitrogens is 2. The molecule has 0 radical (unpaired) electrons. The summed E-state index contributed by atoms with van der Waals surface area (Å²) < 4.78 is 4.39. The van der Waals surface area contributed by atoms with Crippen molar-refractivity contribution in [1.82, 2.24) is 4.57 Å². The Morgan fingerprint density at radius 3 is 2.80 bits per heavy atom. The molecule has 0 N–H and O–H groups in total. The number of hydrogen-bond donors (Lipinski definition) is 0. The Morgan fingerprint density at radius 1 is 1.33 bits per heavy atom. The summed E-state index contributed by atoms with van der Waals surface area (Å²) in [6.07, 6.45) is 13.6. The van der Waals surface area contributed by atoms with Crippen molar-refractivity contribution in [2.75, 3.05) is 0 Å². The van der Waals surface area contributed by atoms with Gasteiger partial charge < -0.3 is 17.0 Å². The van der Waals surface area contributed by atoms with Crippen molar-refractivity contribution in [2.24, 2.45) is 0 Å². The van der Waals surface area contributed by atoms with Crippen LogP contribution in [0.25, 0.3) is 0 Å². The molecule has 0 aliphatic carbocycles. The number of allylic oxidation sites excluding steroid dienone is 1. The van der Waals surface area contributed by atoms with Crippen LogP contribution >= 0.6 is 0 Å². The zero-order valence-electron chi connectivity index (χ0n) is 9.53. The molecule has 1 heterocycles. The van der Waals surface area contributed by atoms with Gasteiger partial charge in [-0.3, -0.25) is 0 Å². The Morgan fingerprint density at radius 2 is 2.13 bits per heavy atom. The van der Waals surface area contributed by atoms with Gasteiger partial charge in [-0.15, -0.1) is 0 Å². The van der Waals surface area contributed by atoms with E-state index in [1.807, 2.05) is 6.08 Å². The summed E-state index contributed by atoms with van der Waals surface area (Å²) in [6, 6.07) is 0. The standard InChI is InChI=1S/C12H21N2.BrH/c1-3-5-6-7-9-14-11-10-13(12-14)8-4-2;/h4,10-12H,2-3,5-9H2,1H3;1H/q+1;/p-1. The highest BCUT2D eigenvalue weighted by Crippen LogP contribution is 1.98. The first-order valence-electron chi connectivity index (χ1n) is 5.52. The van der Waals surface area contributed by atoms with E-state index in [0.717, 1.165) is 13.1 Å². The summed E-state index contributed by atoms with van der Waals surface area (Å²) in [5.41, 5.74) is 0. The number of hydrogen-bond acceptors (Lipinski definition) is 0. The Labute approximate surface area is 103 Å². The molecule has 0 bridgehead atoms. The highest BCUT2D eigenvalue weighted by atomic mass is 79.9. The SMILES string of the molecule is C=CCn1cc[n+](CCCCCC)c1.[Br-]. The lowest BCUT2D eigenvalue weighted by atomic mass is 10.2. The van der Waals surface area contributed by atoms with Crippen LogP contribution in [0.4, 0.5) is 0 Å². The topological polar surface area (TPSA) is 8.81 Å². The molecule has 0 spiro atoms. The first kappa shape index (κ1) is 14.4. The lowest BCUT2D eigenvalue weighted by Gasteiger charge is -1.95. The second kappa shape index (κ2) is 8.72. The lowest BCUT2D eigenvalue weighted by molar-refractivity contribution is -0.696. The molecular formula is C12H21BrN2. The fourth-order valence-corrected chi connectivity index (χ4v) is 1.55. The van der Waals surface area contributed by atoms with Crippen LogP contribution < -0.4 is 21.5 Å². The van der Waals surface area contributed by atoms with Crippen LogP contribution in [0.5, 0.6) is 0 Å². The van der Waals surface area contributed by atoms with E-state index in [0.29, 0.717) is 0 Å². The van der Waals surface area contributed by atoms with Gasteiger partial charge in [0.25, 0.3) is 0 Å². The molecule has 0 unspecified atom stereocenters. The van der Waals surface area contributed by atoms with E-state index in [2.05, 4.69) is 41.4 Å². The molecule has 1 rings (SSSR count). The van der Waals surface area contributed by atoms with Crippen molar-refractivity contribution >= 4 is 0 Å². The molecule has 1 aromatic heterocycles. The maximum atomic E-state index is 3.72. The smallest absolute Gasteiger partial charge is 0.244 e. The maximum Gasteiger partial charge on any atom is 0.244 e. The second-order valence-electron chi connectivity index (χ2n) is 3.70. The normalized spacial score (nSPS) is 9.67. The molecule has 86 valence electrons. The quantitative estimate of drug-likeness (QED) is 0.361. The van der Waals surface area contributed by atoms with Gasteiger partial charge in [0, 0.05) is 0 Å². The average Bonchev–Trinajstić information content (AvgIpc) is 2.61. The minimum atomic E-state index is 0. The molecule has 2 nitrogen and oxygen atoms in total. The van der Waals surface area contributed by atoms with Crippen molar-refractivity contribution in [3.8, 4) is 0 Å². The zero-order valence-corrected chi connectivity index (χ0v) is 11.1. The van der Waals surface area contributed by atoms with Crippen LogP contribution in [0.3, 0.4) is 0 Å². The summed E-state index contributed by atoms with van der Waals surface area (Å²) >= 11 is 0.